The molecule has 0 aliphatic heterocycles. The average Bonchev–Trinajstić information content (AvgIpc) is 2.86. The lowest BCUT2D eigenvalue weighted by Gasteiger charge is -2.20. The molecule has 0 amide bonds. The van der Waals surface area contributed by atoms with E-state index in [9.17, 15) is 0 Å². The number of hydrogen-bond acceptors (Lipinski definition) is 6. The van der Waals surface area contributed by atoms with Crippen LogP contribution in [0.25, 0.3) is 10.2 Å². The van der Waals surface area contributed by atoms with Gasteiger partial charge in [-0.3, -0.25) is 4.90 Å². The van der Waals surface area contributed by atoms with Gasteiger partial charge in [-0.25, -0.2) is 9.97 Å². The van der Waals surface area contributed by atoms with Crippen LogP contribution in [0.2, 0.25) is 0 Å². The van der Waals surface area contributed by atoms with Crippen molar-refractivity contribution in [1.82, 2.24) is 19.8 Å². The third-order valence-electron chi connectivity index (χ3n) is 3.29. The van der Waals surface area contributed by atoms with Gasteiger partial charge in [-0.2, -0.15) is 0 Å². The van der Waals surface area contributed by atoms with Crippen LogP contribution in [0.15, 0.2) is 11.4 Å². The van der Waals surface area contributed by atoms with Crippen molar-refractivity contribution in [1.29, 1.82) is 0 Å². The summed E-state index contributed by atoms with van der Waals surface area (Å²) in [5, 5.41) is 2.98. The molecule has 0 saturated carbocycles. The van der Waals surface area contributed by atoms with Crippen LogP contribution in [-0.2, 0) is 6.54 Å². The number of rotatable bonds is 7. The number of aromatic nitrogens is 2. The van der Waals surface area contributed by atoms with Crippen LogP contribution in [0.3, 0.4) is 0 Å². The second-order valence-electron chi connectivity index (χ2n) is 5.19. The second-order valence-corrected chi connectivity index (χ2v) is 6.08. The lowest BCUT2D eigenvalue weighted by Crippen LogP contribution is -2.27. The van der Waals surface area contributed by atoms with E-state index in [1.807, 2.05) is 11.4 Å². The van der Waals surface area contributed by atoms with Crippen molar-refractivity contribution in [3.8, 4) is 0 Å². The molecule has 5 nitrogen and oxygen atoms in total. The molecule has 2 heterocycles. The maximum absolute atomic E-state index is 5.99. The lowest BCUT2D eigenvalue weighted by atomic mass is 10.3. The molecule has 20 heavy (non-hydrogen) atoms. The molecule has 0 fully saturated rings. The molecule has 0 aliphatic carbocycles. The van der Waals surface area contributed by atoms with Crippen LogP contribution in [0, 0.1) is 0 Å². The summed E-state index contributed by atoms with van der Waals surface area (Å²) in [6, 6.07) is 1.98. The Morgan fingerprint density at radius 3 is 2.75 bits per heavy atom. The van der Waals surface area contributed by atoms with Crippen LogP contribution in [0.1, 0.15) is 19.2 Å². The van der Waals surface area contributed by atoms with Gasteiger partial charge in [-0.15, -0.1) is 11.3 Å². The third-order valence-corrected chi connectivity index (χ3v) is 4.10. The molecule has 0 radical (unpaired) electrons. The van der Waals surface area contributed by atoms with Crippen molar-refractivity contribution in [2.24, 2.45) is 0 Å². The van der Waals surface area contributed by atoms with E-state index in [0.29, 0.717) is 5.82 Å². The molecule has 0 bridgehead atoms. The molecule has 6 heteroatoms. The first-order valence-corrected chi connectivity index (χ1v) is 7.84. The predicted octanol–water partition coefficient (Wildman–Crippen LogP) is 2.05. The maximum atomic E-state index is 5.99. The van der Waals surface area contributed by atoms with Crippen LogP contribution >= 0.6 is 11.3 Å². The monoisotopic (exact) mass is 293 g/mol. The minimum Gasteiger partial charge on any atom is -0.383 e. The fourth-order valence-electron chi connectivity index (χ4n) is 2.15. The standard InChI is InChI=1S/C14H23N5S/c1-4-19(8-5-7-18(2)3)10-12-16-13(15)11-6-9-20-14(11)17-12/h6,9H,4-5,7-8,10H2,1-3H3,(H2,15,16,17). The van der Waals surface area contributed by atoms with Crippen LogP contribution in [0.4, 0.5) is 5.82 Å². The van der Waals surface area contributed by atoms with Gasteiger partial charge in [-0.1, -0.05) is 6.92 Å². The van der Waals surface area contributed by atoms with Crippen molar-refractivity contribution in [2.75, 3.05) is 39.5 Å². The average molecular weight is 293 g/mol. The minimum absolute atomic E-state index is 0.593. The Bertz CT molecular complexity index is 551. The summed E-state index contributed by atoms with van der Waals surface area (Å²) in [5.74, 6) is 1.42. The Balaban J connectivity index is 2.01. The highest BCUT2D eigenvalue weighted by Crippen LogP contribution is 2.23. The fraction of sp³-hybridized carbons (Fsp3) is 0.571. The molecule has 0 atom stereocenters. The normalized spacial score (nSPS) is 11.8. The van der Waals surface area contributed by atoms with Gasteiger partial charge in [0.15, 0.2) is 0 Å². The molecule has 0 spiro atoms. The Labute approximate surface area is 124 Å². The zero-order valence-corrected chi connectivity index (χ0v) is 13.3. The number of nitrogens with two attached hydrogens (primary N) is 1. The number of nitrogen functional groups attached to an aromatic ring is 1. The highest BCUT2D eigenvalue weighted by molar-refractivity contribution is 7.16. The van der Waals surface area contributed by atoms with E-state index < -0.39 is 0 Å². The molecule has 0 unspecified atom stereocenters. The predicted molar refractivity (Wildman–Crippen MR) is 85.9 cm³/mol. The first-order valence-electron chi connectivity index (χ1n) is 6.96. The number of nitrogens with zero attached hydrogens (tertiary/aromatic N) is 4. The number of fused-ring (bicyclic) bond motifs is 1. The van der Waals surface area contributed by atoms with Gasteiger partial charge in [0.2, 0.25) is 0 Å². The topological polar surface area (TPSA) is 58.3 Å². The maximum Gasteiger partial charge on any atom is 0.146 e. The molecule has 0 saturated heterocycles. The van der Waals surface area contributed by atoms with E-state index in [4.69, 9.17) is 5.73 Å². The minimum atomic E-state index is 0.593. The van der Waals surface area contributed by atoms with Crippen molar-refractivity contribution < 1.29 is 0 Å². The van der Waals surface area contributed by atoms with E-state index in [1.165, 1.54) is 0 Å². The zero-order chi connectivity index (χ0) is 14.5. The summed E-state index contributed by atoms with van der Waals surface area (Å²) in [4.78, 5) is 14.6. The Morgan fingerprint density at radius 2 is 2.05 bits per heavy atom. The zero-order valence-electron chi connectivity index (χ0n) is 12.5. The van der Waals surface area contributed by atoms with Crippen molar-refractivity contribution in [3.63, 3.8) is 0 Å². The van der Waals surface area contributed by atoms with Crippen LogP contribution < -0.4 is 5.73 Å². The van der Waals surface area contributed by atoms with E-state index in [0.717, 1.165) is 48.6 Å². The van der Waals surface area contributed by atoms with Crippen molar-refractivity contribution in [2.45, 2.75) is 19.9 Å². The van der Waals surface area contributed by atoms with E-state index in [2.05, 4.69) is 40.8 Å². The summed E-state index contributed by atoms with van der Waals surface area (Å²) in [7, 11) is 4.20. The molecular formula is C14H23N5S. The largest absolute Gasteiger partial charge is 0.383 e. The van der Waals surface area contributed by atoms with Gasteiger partial charge in [0.1, 0.15) is 16.5 Å². The quantitative estimate of drug-likeness (QED) is 0.846. The first-order chi connectivity index (χ1) is 9.60. The van der Waals surface area contributed by atoms with Gasteiger partial charge in [0, 0.05) is 0 Å². The summed E-state index contributed by atoms with van der Waals surface area (Å²) in [5.41, 5.74) is 5.99. The summed E-state index contributed by atoms with van der Waals surface area (Å²) >= 11 is 1.62. The Hall–Kier alpha value is -1.24. The van der Waals surface area contributed by atoms with Gasteiger partial charge in [0.05, 0.1) is 11.9 Å². The molecule has 2 N–H and O–H groups in total. The second kappa shape index (κ2) is 6.97. The number of hydrogen-bond donors (Lipinski definition) is 1. The molecule has 2 aromatic rings. The van der Waals surface area contributed by atoms with Crippen molar-refractivity contribution in [3.05, 3.63) is 17.3 Å². The molecule has 110 valence electrons. The highest BCUT2D eigenvalue weighted by atomic mass is 32.1. The Morgan fingerprint density at radius 1 is 1.25 bits per heavy atom. The molecule has 0 aromatic carbocycles. The van der Waals surface area contributed by atoms with Gasteiger partial charge in [-0.05, 0) is 51.6 Å². The first kappa shape index (κ1) is 15.2. The van der Waals surface area contributed by atoms with Crippen LogP contribution in [0.5, 0.6) is 0 Å². The van der Waals surface area contributed by atoms with Crippen LogP contribution in [-0.4, -0.2) is 53.5 Å². The SMILES string of the molecule is CCN(CCCN(C)C)Cc1nc(N)c2ccsc2n1. The number of thiophene rings is 1. The van der Waals surface area contributed by atoms with Gasteiger partial charge < -0.3 is 10.6 Å². The van der Waals surface area contributed by atoms with Gasteiger partial charge in [0.25, 0.3) is 0 Å². The van der Waals surface area contributed by atoms with E-state index in [1.54, 1.807) is 11.3 Å². The lowest BCUT2D eigenvalue weighted by molar-refractivity contribution is 0.254. The van der Waals surface area contributed by atoms with E-state index >= 15 is 0 Å². The fourth-order valence-corrected chi connectivity index (χ4v) is 2.95. The number of anilines is 1. The molecular weight excluding hydrogens is 270 g/mol. The highest BCUT2D eigenvalue weighted by Gasteiger charge is 2.10. The van der Waals surface area contributed by atoms with E-state index in [-0.39, 0.29) is 0 Å². The molecule has 2 aromatic heterocycles. The van der Waals surface area contributed by atoms with Crippen molar-refractivity contribution >= 4 is 27.4 Å². The summed E-state index contributed by atoms with van der Waals surface area (Å²) < 4.78 is 0. The van der Waals surface area contributed by atoms with Gasteiger partial charge >= 0.3 is 0 Å². The molecule has 0 aliphatic rings. The molecule has 2 rings (SSSR count). The third kappa shape index (κ3) is 3.88. The summed E-state index contributed by atoms with van der Waals surface area (Å²) in [6.45, 7) is 6.09. The summed E-state index contributed by atoms with van der Waals surface area (Å²) in [6.07, 6.45) is 1.15. The Kier molecular flexibility index (Phi) is 5.28. The smallest absolute Gasteiger partial charge is 0.146 e.